The monoisotopic (exact) mass is 303 g/mol. The lowest BCUT2D eigenvalue weighted by atomic mass is 9.84. The van der Waals surface area contributed by atoms with Crippen molar-refractivity contribution in [1.82, 2.24) is 0 Å². The molecule has 0 atom stereocenters. The topological polar surface area (TPSA) is 6.48 Å². The van der Waals surface area contributed by atoms with Crippen molar-refractivity contribution in [3.63, 3.8) is 0 Å². The minimum Gasteiger partial charge on any atom is -0.370 e. The van der Waals surface area contributed by atoms with Crippen LogP contribution in [0.3, 0.4) is 0 Å². The van der Waals surface area contributed by atoms with Gasteiger partial charge in [0, 0.05) is 26.2 Å². The van der Waals surface area contributed by atoms with Gasteiger partial charge in [-0.3, -0.25) is 0 Å². The smallest absolute Gasteiger partial charge is 0.0717 e. The molecule has 0 aromatic heterocycles. The molecule has 1 rings (SSSR count). The third-order valence-corrected chi connectivity index (χ3v) is 4.51. The molecule has 0 amide bonds. The first kappa shape index (κ1) is 18.1. The molecular formula is C18H31N2Si. The molecular weight excluding hydrogens is 272 g/mol. The Balaban J connectivity index is 3.66. The van der Waals surface area contributed by atoms with Gasteiger partial charge in [0.2, 0.25) is 0 Å². The van der Waals surface area contributed by atoms with E-state index >= 15 is 0 Å². The number of hydrogen-bond donors (Lipinski definition) is 0. The summed E-state index contributed by atoms with van der Waals surface area (Å²) in [6.07, 6.45) is 0. The van der Waals surface area contributed by atoms with E-state index in [4.69, 9.17) is 0 Å². The third-order valence-electron chi connectivity index (χ3n) is 4.09. The predicted molar refractivity (Wildman–Crippen MR) is 97.7 cm³/mol. The van der Waals surface area contributed by atoms with Crippen LogP contribution < -0.4 is 15.0 Å². The molecule has 0 N–H and O–H groups in total. The minimum absolute atomic E-state index is 0.109. The molecule has 0 unspecified atom stereocenters. The van der Waals surface area contributed by atoms with Gasteiger partial charge in [0.1, 0.15) is 0 Å². The normalized spacial score (nSPS) is 11.6. The number of rotatable bonds is 6. The molecule has 3 heteroatoms. The van der Waals surface area contributed by atoms with E-state index in [0.29, 0.717) is 0 Å². The molecule has 0 saturated heterocycles. The maximum Gasteiger partial charge on any atom is 0.0717 e. The second kappa shape index (κ2) is 7.35. The lowest BCUT2D eigenvalue weighted by Crippen LogP contribution is -2.34. The molecule has 117 valence electrons. The van der Waals surface area contributed by atoms with Crippen LogP contribution >= 0.6 is 0 Å². The van der Waals surface area contributed by atoms with Gasteiger partial charge in [-0.1, -0.05) is 32.0 Å². The first-order chi connectivity index (χ1) is 9.81. The molecule has 1 aromatic carbocycles. The molecule has 0 saturated carbocycles. The maximum absolute atomic E-state index is 3.85. The van der Waals surface area contributed by atoms with Crippen molar-refractivity contribution in [2.24, 2.45) is 0 Å². The van der Waals surface area contributed by atoms with Gasteiger partial charge in [0.05, 0.1) is 21.6 Å². The zero-order chi connectivity index (χ0) is 16.2. The third kappa shape index (κ3) is 3.82. The summed E-state index contributed by atoms with van der Waals surface area (Å²) < 4.78 is 0. The Bertz CT molecular complexity index is 455. The predicted octanol–water partition coefficient (Wildman–Crippen LogP) is 3.47. The summed E-state index contributed by atoms with van der Waals surface area (Å²) in [6, 6.07) is 4.47. The molecule has 2 nitrogen and oxygen atoms in total. The van der Waals surface area contributed by atoms with Gasteiger partial charge in [-0.15, -0.1) is 0 Å². The highest BCUT2D eigenvalue weighted by Crippen LogP contribution is 2.38. The average molecular weight is 304 g/mol. The Labute approximate surface area is 135 Å². The zero-order valence-corrected chi connectivity index (χ0v) is 15.9. The SMILES string of the molecule is CCN(CC)c1ccc([Si])c(C(C)(C)C)c1N(CC)CC. The summed E-state index contributed by atoms with van der Waals surface area (Å²) in [7, 11) is 3.85. The molecule has 0 heterocycles. The fourth-order valence-corrected chi connectivity index (χ4v) is 3.60. The highest BCUT2D eigenvalue weighted by molar-refractivity contribution is 6.34. The summed E-state index contributed by atoms with van der Waals surface area (Å²) in [5.41, 5.74) is 4.27. The molecule has 21 heavy (non-hydrogen) atoms. The average Bonchev–Trinajstić information content (AvgIpc) is 2.42. The first-order valence-corrected chi connectivity index (χ1v) is 8.70. The second-order valence-corrected chi connectivity index (χ2v) is 6.99. The summed E-state index contributed by atoms with van der Waals surface area (Å²) in [5.74, 6) is 0. The highest BCUT2D eigenvalue weighted by atomic mass is 28.1. The van der Waals surface area contributed by atoms with E-state index < -0.39 is 0 Å². The van der Waals surface area contributed by atoms with Crippen LogP contribution in [0.25, 0.3) is 0 Å². The van der Waals surface area contributed by atoms with Gasteiger partial charge >= 0.3 is 0 Å². The standard InChI is InChI=1S/C18H31N2Si/c1-8-19(9-2)14-12-13-15(21)16(18(5,6)7)17(14)20(10-3)11-4/h12-13H,8-11H2,1-7H3. The summed E-state index contributed by atoms with van der Waals surface area (Å²) in [5, 5.41) is 1.21. The number of nitrogens with zero attached hydrogens (tertiary/aromatic N) is 2. The van der Waals surface area contributed by atoms with Crippen LogP contribution in [0.2, 0.25) is 0 Å². The molecule has 1 aromatic rings. The molecule has 0 spiro atoms. The van der Waals surface area contributed by atoms with Crippen LogP contribution in [0.4, 0.5) is 11.4 Å². The largest absolute Gasteiger partial charge is 0.370 e. The van der Waals surface area contributed by atoms with Gasteiger partial charge in [0.25, 0.3) is 0 Å². The number of hydrogen-bond acceptors (Lipinski definition) is 2. The fraction of sp³-hybridized carbons (Fsp3) is 0.667. The van der Waals surface area contributed by atoms with Crippen LogP contribution in [-0.4, -0.2) is 36.4 Å². The Morgan fingerprint density at radius 3 is 1.71 bits per heavy atom. The first-order valence-electron chi connectivity index (χ1n) is 8.20. The van der Waals surface area contributed by atoms with Gasteiger partial charge in [-0.25, -0.2) is 0 Å². The zero-order valence-electron chi connectivity index (χ0n) is 14.9. The van der Waals surface area contributed by atoms with Crippen LogP contribution in [0, 0.1) is 0 Å². The Hall–Kier alpha value is -0.963. The van der Waals surface area contributed by atoms with Crippen molar-refractivity contribution in [3.05, 3.63) is 17.7 Å². The van der Waals surface area contributed by atoms with E-state index in [1.165, 1.54) is 22.1 Å². The summed E-state index contributed by atoms with van der Waals surface area (Å²) in [6.45, 7) is 20.0. The van der Waals surface area contributed by atoms with Crippen molar-refractivity contribution >= 4 is 26.8 Å². The summed E-state index contributed by atoms with van der Waals surface area (Å²) in [4.78, 5) is 4.94. The lowest BCUT2D eigenvalue weighted by Gasteiger charge is -2.36. The Kier molecular flexibility index (Phi) is 6.33. The Morgan fingerprint density at radius 2 is 1.33 bits per heavy atom. The maximum atomic E-state index is 3.85. The Morgan fingerprint density at radius 1 is 0.857 bits per heavy atom. The van der Waals surface area contributed by atoms with E-state index in [0.717, 1.165) is 26.2 Å². The van der Waals surface area contributed by atoms with Crippen molar-refractivity contribution in [2.45, 2.75) is 53.9 Å². The van der Waals surface area contributed by atoms with Crippen LogP contribution in [-0.2, 0) is 5.41 Å². The highest BCUT2D eigenvalue weighted by Gasteiger charge is 2.26. The quantitative estimate of drug-likeness (QED) is 0.743. The van der Waals surface area contributed by atoms with Crippen molar-refractivity contribution < 1.29 is 0 Å². The van der Waals surface area contributed by atoms with Crippen LogP contribution in [0.15, 0.2) is 12.1 Å². The van der Waals surface area contributed by atoms with Gasteiger partial charge in [0.15, 0.2) is 0 Å². The molecule has 0 aliphatic rings. The van der Waals surface area contributed by atoms with Gasteiger partial charge < -0.3 is 9.80 Å². The van der Waals surface area contributed by atoms with E-state index in [2.05, 4.69) is 80.6 Å². The number of anilines is 2. The van der Waals surface area contributed by atoms with Crippen molar-refractivity contribution in [1.29, 1.82) is 0 Å². The van der Waals surface area contributed by atoms with Gasteiger partial charge in [-0.2, -0.15) is 0 Å². The van der Waals surface area contributed by atoms with Crippen LogP contribution in [0.5, 0.6) is 0 Å². The van der Waals surface area contributed by atoms with Crippen LogP contribution in [0.1, 0.15) is 54.0 Å². The number of benzene rings is 1. The molecule has 0 fully saturated rings. The van der Waals surface area contributed by atoms with E-state index in [1.807, 2.05) is 0 Å². The van der Waals surface area contributed by atoms with Crippen molar-refractivity contribution in [2.75, 3.05) is 36.0 Å². The van der Waals surface area contributed by atoms with E-state index in [9.17, 15) is 0 Å². The fourth-order valence-electron chi connectivity index (χ4n) is 3.02. The van der Waals surface area contributed by atoms with Crippen molar-refractivity contribution in [3.8, 4) is 0 Å². The minimum atomic E-state index is 0.109. The second-order valence-electron chi connectivity index (χ2n) is 6.45. The molecule has 0 aliphatic carbocycles. The van der Waals surface area contributed by atoms with E-state index in [1.54, 1.807) is 0 Å². The molecule has 0 bridgehead atoms. The lowest BCUT2D eigenvalue weighted by molar-refractivity contribution is 0.591. The van der Waals surface area contributed by atoms with Gasteiger partial charge in [-0.05, 0) is 44.7 Å². The summed E-state index contributed by atoms with van der Waals surface area (Å²) >= 11 is 0. The molecule has 0 aliphatic heterocycles. The van der Waals surface area contributed by atoms with E-state index in [-0.39, 0.29) is 5.41 Å². The molecule has 3 radical (unpaired) electrons.